The van der Waals surface area contributed by atoms with Crippen LogP contribution >= 0.6 is 0 Å². The van der Waals surface area contributed by atoms with Gasteiger partial charge in [0, 0.05) is 18.5 Å². The quantitative estimate of drug-likeness (QED) is 0.786. The van der Waals surface area contributed by atoms with E-state index in [1.165, 1.54) is 57.8 Å². The van der Waals surface area contributed by atoms with Crippen molar-refractivity contribution in [2.24, 2.45) is 23.5 Å². The van der Waals surface area contributed by atoms with E-state index in [-0.39, 0.29) is 0 Å². The fourth-order valence-corrected chi connectivity index (χ4v) is 4.68. The molecule has 0 spiro atoms. The van der Waals surface area contributed by atoms with Gasteiger partial charge in [0.2, 0.25) is 5.91 Å². The van der Waals surface area contributed by atoms with Crippen LogP contribution in [0.3, 0.4) is 0 Å². The SMILES string of the molecule is NCCCN(C(=O)C1C2CCCC21)C1CCCCCC1. The summed E-state index contributed by atoms with van der Waals surface area (Å²) in [6, 6.07) is 0.512. The molecule has 0 aliphatic heterocycles. The molecule has 0 aromatic heterocycles. The van der Waals surface area contributed by atoms with Crippen molar-refractivity contribution in [1.82, 2.24) is 4.90 Å². The minimum Gasteiger partial charge on any atom is -0.339 e. The Kier molecular flexibility index (Phi) is 4.65. The Labute approximate surface area is 123 Å². The van der Waals surface area contributed by atoms with Crippen LogP contribution in [0.2, 0.25) is 0 Å². The van der Waals surface area contributed by atoms with E-state index in [1.54, 1.807) is 0 Å². The molecule has 0 heterocycles. The van der Waals surface area contributed by atoms with E-state index in [1.807, 2.05) is 0 Å². The number of hydrogen-bond acceptors (Lipinski definition) is 2. The number of carbonyl (C=O) groups is 1. The molecule has 3 rings (SSSR count). The molecule has 0 aromatic carbocycles. The number of fused-ring (bicyclic) bond motifs is 1. The number of carbonyl (C=O) groups excluding carboxylic acids is 1. The second-order valence-corrected chi connectivity index (χ2v) is 7.10. The Hall–Kier alpha value is -0.570. The zero-order valence-corrected chi connectivity index (χ0v) is 12.7. The first-order valence-corrected chi connectivity index (χ1v) is 8.83. The van der Waals surface area contributed by atoms with Crippen LogP contribution in [0.5, 0.6) is 0 Å². The first-order chi connectivity index (χ1) is 9.83. The van der Waals surface area contributed by atoms with Crippen molar-refractivity contribution >= 4 is 5.91 Å². The van der Waals surface area contributed by atoms with Gasteiger partial charge in [-0.2, -0.15) is 0 Å². The van der Waals surface area contributed by atoms with Crippen molar-refractivity contribution in [3.63, 3.8) is 0 Å². The molecule has 0 radical (unpaired) electrons. The largest absolute Gasteiger partial charge is 0.339 e. The summed E-state index contributed by atoms with van der Waals surface area (Å²) in [4.78, 5) is 15.2. The lowest BCUT2D eigenvalue weighted by Gasteiger charge is -2.32. The number of nitrogens with zero attached hydrogens (tertiary/aromatic N) is 1. The van der Waals surface area contributed by atoms with E-state index in [0.717, 1.165) is 24.8 Å². The third kappa shape index (κ3) is 2.88. The molecule has 3 aliphatic rings. The first-order valence-electron chi connectivity index (χ1n) is 8.83. The Balaban J connectivity index is 1.63. The summed E-state index contributed by atoms with van der Waals surface area (Å²) in [7, 11) is 0. The van der Waals surface area contributed by atoms with Crippen molar-refractivity contribution < 1.29 is 4.79 Å². The molecule has 3 aliphatic carbocycles. The predicted octanol–water partition coefficient (Wildman–Crippen LogP) is 2.93. The number of hydrogen-bond donors (Lipinski definition) is 1. The molecule has 0 bridgehead atoms. The van der Waals surface area contributed by atoms with Crippen molar-refractivity contribution in [2.75, 3.05) is 13.1 Å². The molecular formula is C17H30N2O. The van der Waals surface area contributed by atoms with E-state index in [4.69, 9.17) is 5.73 Å². The van der Waals surface area contributed by atoms with Crippen molar-refractivity contribution in [2.45, 2.75) is 70.3 Å². The maximum absolute atomic E-state index is 12.9. The van der Waals surface area contributed by atoms with Gasteiger partial charge >= 0.3 is 0 Å². The maximum atomic E-state index is 12.9. The van der Waals surface area contributed by atoms with Gasteiger partial charge in [-0.25, -0.2) is 0 Å². The average molecular weight is 278 g/mol. The lowest BCUT2D eigenvalue weighted by atomic mass is 10.0. The molecular weight excluding hydrogens is 248 g/mol. The molecule has 20 heavy (non-hydrogen) atoms. The lowest BCUT2D eigenvalue weighted by molar-refractivity contribution is -0.136. The standard InChI is InChI=1S/C17H30N2O/c18-11-6-12-19(13-7-3-1-2-4-8-13)17(20)16-14-9-5-10-15(14)16/h13-16H,1-12,18H2. The van der Waals surface area contributed by atoms with Gasteiger partial charge in [-0.15, -0.1) is 0 Å². The van der Waals surface area contributed by atoms with Crippen LogP contribution in [0.15, 0.2) is 0 Å². The minimum atomic E-state index is 0.393. The number of nitrogens with two attached hydrogens (primary N) is 1. The Morgan fingerprint density at radius 3 is 2.20 bits per heavy atom. The summed E-state index contributed by atoms with van der Waals surface area (Å²) in [6.45, 7) is 1.60. The van der Waals surface area contributed by atoms with Crippen LogP contribution in [0.25, 0.3) is 0 Å². The third-order valence-electron chi connectivity index (χ3n) is 5.84. The fraction of sp³-hybridized carbons (Fsp3) is 0.941. The van der Waals surface area contributed by atoms with Crippen molar-refractivity contribution in [1.29, 1.82) is 0 Å². The zero-order chi connectivity index (χ0) is 13.9. The molecule has 3 nitrogen and oxygen atoms in total. The van der Waals surface area contributed by atoms with Gasteiger partial charge in [0.05, 0.1) is 0 Å². The van der Waals surface area contributed by atoms with Gasteiger partial charge < -0.3 is 10.6 Å². The third-order valence-corrected chi connectivity index (χ3v) is 5.84. The second kappa shape index (κ2) is 6.46. The van der Waals surface area contributed by atoms with E-state index in [2.05, 4.69) is 4.90 Å². The summed E-state index contributed by atoms with van der Waals surface area (Å²) in [5, 5.41) is 0. The highest BCUT2D eigenvalue weighted by Gasteiger charge is 2.57. The van der Waals surface area contributed by atoms with Crippen LogP contribution in [0.1, 0.15) is 64.2 Å². The molecule has 2 unspecified atom stereocenters. The van der Waals surface area contributed by atoms with Crippen LogP contribution in [-0.4, -0.2) is 29.9 Å². The smallest absolute Gasteiger partial charge is 0.226 e. The van der Waals surface area contributed by atoms with Gasteiger partial charge in [0.15, 0.2) is 0 Å². The molecule has 1 amide bonds. The Morgan fingerprint density at radius 2 is 1.60 bits per heavy atom. The van der Waals surface area contributed by atoms with E-state index in [9.17, 15) is 4.79 Å². The van der Waals surface area contributed by atoms with Gasteiger partial charge in [0.1, 0.15) is 0 Å². The summed E-state index contributed by atoms with van der Waals surface area (Å²) < 4.78 is 0. The Bertz CT molecular complexity index is 326. The first kappa shape index (κ1) is 14.4. The van der Waals surface area contributed by atoms with Crippen molar-refractivity contribution in [3.05, 3.63) is 0 Å². The molecule has 0 saturated heterocycles. The highest BCUT2D eigenvalue weighted by atomic mass is 16.2. The van der Waals surface area contributed by atoms with Crippen LogP contribution in [-0.2, 0) is 4.79 Å². The molecule has 2 atom stereocenters. The monoisotopic (exact) mass is 278 g/mol. The molecule has 3 saturated carbocycles. The second-order valence-electron chi connectivity index (χ2n) is 7.10. The zero-order valence-electron chi connectivity index (χ0n) is 12.7. The minimum absolute atomic E-state index is 0.393. The van der Waals surface area contributed by atoms with Crippen LogP contribution in [0, 0.1) is 17.8 Å². The van der Waals surface area contributed by atoms with E-state index < -0.39 is 0 Å². The lowest BCUT2D eigenvalue weighted by Crippen LogP contribution is -2.43. The fourth-order valence-electron chi connectivity index (χ4n) is 4.68. The van der Waals surface area contributed by atoms with Crippen LogP contribution in [0.4, 0.5) is 0 Å². The molecule has 3 fully saturated rings. The Morgan fingerprint density at radius 1 is 0.950 bits per heavy atom. The van der Waals surface area contributed by atoms with Gasteiger partial charge in [-0.3, -0.25) is 4.79 Å². The topological polar surface area (TPSA) is 46.3 Å². The van der Waals surface area contributed by atoms with Gasteiger partial charge in [0.25, 0.3) is 0 Å². The van der Waals surface area contributed by atoms with Gasteiger partial charge in [-0.1, -0.05) is 32.1 Å². The van der Waals surface area contributed by atoms with Gasteiger partial charge in [-0.05, 0) is 50.5 Å². The summed E-state index contributed by atoms with van der Waals surface area (Å²) in [5.41, 5.74) is 5.68. The maximum Gasteiger partial charge on any atom is 0.226 e. The molecule has 2 N–H and O–H groups in total. The van der Waals surface area contributed by atoms with E-state index in [0.29, 0.717) is 24.4 Å². The summed E-state index contributed by atoms with van der Waals surface area (Å²) >= 11 is 0. The number of rotatable bonds is 5. The molecule has 114 valence electrons. The summed E-state index contributed by atoms with van der Waals surface area (Å²) in [6.07, 6.45) is 12.7. The average Bonchev–Trinajstić information content (AvgIpc) is 3.07. The number of amides is 1. The molecule has 0 aromatic rings. The highest BCUT2D eigenvalue weighted by molar-refractivity contribution is 5.83. The predicted molar refractivity (Wildman–Crippen MR) is 81.2 cm³/mol. The van der Waals surface area contributed by atoms with E-state index >= 15 is 0 Å². The molecule has 3 heteroatoms. The highest BCUT2D eigenvalue weighted by Crippen LogP contribution is 2.58. The normalized spacial score (nSPS) is 33.5. The summed E-state index contributed by atoms with van der Waals surface area (Å²) in [5.74, 6) is 2.37. The van der Waals surface area contributed by atoms with Crippen molar-refractivity contribution in [3.8, 4) is 0 Å². The van der Waals surface area contributed by atoms with Crippen LogP contribution < -0.4 is 5.73 Å².